The predicted octanol–water partition coefficient (Wildman–Crippen LogP) is 3.15. The van der Waals surface area contributed by atoms with Crippen LogP contribution in [0, 0.1) is 0 Å². The molecule has 2 N–H and O–H groups in total. The average Bonchev–Trinajstić information content (AvgIpc) is 2.61. The summed E-state index contributed by atoms with van der Waals surface area (Å²) in [4.78, 5) is 15.2. The Bertz CT molecular complexity index is 706. The van der Waals surface area contributed by atoms with E-state index in [2.05, 4.69) is 0 Å². The summed E-state index contributed by atoms with van der Waals surface area (Å²) in [6.45, 7) is 0.617. The van der Waals surface area contributed by atoms with Crippen LogP contribution in [0.5, 0.6) is 11.5 Å². The number of carbonyl (C=O) groups is 1. The molecule has 0 radical (unpaired) electrons. The topological polar surface area (TPSA) is 64.8 Å². The number of nitrogens with two attached hydrogens (primary N) is 1. The number of amides is 1. The molecule has 0 aliphatic carbocycles. The van der Waals surface area contributed by atoms with Gasteiger partial charge in [-0.05, 0) is 30.3 Å². The highest BCUT2D eigenvalue weighted by Crippen LogP contribution is 2.28. The highest BCUT2D eigenvalue weighted by molar-refractivity contribution is 7.99. The maximum Gasteiger partial charge on any atom is 0.253 e. The molecule has 0 bridgehead atoms. The van der Waals surface area contributed by atoms with Crippen molar-refractivity contribution in [1.82, 2.24) is 4.90 Å². The monoisotopic (exact) mass is 346 g/mol. The summed E-state index contributed by atoms with van der Waals surface area (Å²) in [7, 11) is 4.91. The second kappa shape index (κ2) is 8.49. The number of nitrogens with zero attached hydrogens (tertiary/aromatic N) is 1. The number of hydrogen-bond donors (Lipinski definition) is 1. The van der Waals surface area contributed by atoms with E-state index in [1.54, 1.807) is 56.1 Å². The fraction of sp³-hybridized carbons (Fsp3) is 0.278. The number of methoxy groups -OCH3 is 2. The molecule has 2 rings (SSSR count). The van der Waals surface area contributed by atoms with Crippen molar-refractivity contribution in [3.63, 3.8) is 0 Å². The number of hydrogen-bond acceptors (Lipinski definition) is 5. The van der Waals surface area contributed by atoms with E-state index in [0.717, 1.165) is 16.3 Å². The number of thioether (sulfide) groups is 1. The van der Waals surface area contributed by atoms with Gasteiger partial charge in [0.1, 0.15) is 0 Å². The fourth-order valence-electron chi connectivity index (χ4n) is 2.20. The minimum atomic E-state index is -0.0578. The molecule has 2 aromatic rings. The first kappa shape index (κ1) is 18.0. The van der Waals surface area contributed by atoms with Crippen molar-refractivity contribution >= 4 is 23.4 Å². The third kappa shape index (κ3) is 4.35. The summed E-state index contributed by atoms with van der Waals surface area (Å²) in [6, 6.07) is 12.9. The zero-order chi connectivity index (χ0) is 17.5. The van der Waals surface area contributed by atoms with Gasteiger partial charge in [0.25, 0.3) is 5.91 Å². The van der Waals surface area contributed by atoms with Gasteiger partial charge in [-0.1, -0.05) is 12.1 Å². The van der Waals surface area contributed by atoms with E-state index in [-0.39, 0.29) is 5.91 Å². The Kier molecular flexibility index (Phi) is 6.37. The normalized spacial score (nSPS) is 10.3. The molecule has 24 heavy (non-hydrogen) atoms. The summed E-state index contributed by atoms with van der Waals surface area (Å²) in [6.07, 6.45) is 0. The van der Waals surface area contributed by atoms with Crippen molar-refractivity contribution in [1.29, 1.82) is 0 Å². The van der Waals surface area contributed by atoms with E-state index >= 15 is 0 Å². The van der Waals surface area contributed by atoms with Crippen molar-refractivity contribution in [3.8, 4) is 11.5 Å². The van der Waals surface area contributed by atoms with Crippen LogP contribution in [0.25, 0.3) is 0 Å². The Hall–Kier alpha value is -2.34. The zero-order valence-electron chi connectivity index (χ0n) is 14.1. The van der Waals surface area contributed by atoms with Crippen LogP contribution < -0.4 is 15.2 Å². The van der Waals surface area contributed by atoms with Crippen LogP contribution in [0.3, 0.4) is 0 Å². The molecule has 128 valence electrons. The summed E-state index contributed by atoms with van der Waals surface area (Å²) in [5.74, 6) is 1.86. The Balaban J connectivity index is 1.96. The molecule has 0 saturated heterocycles. The molecule has 5 nitrogen and oxygen atoms in total. The van der Waals surface area contributed by atoms with Gasteiger partial charge in [-0.15, -0.1) is 11.8 Å². The standard InChI is InChI=1S/C18H22N2O3S/c1-20(10-11-24-17-7-5-4-6-14(17)19)18(21)13-8-9-15(22-2)16(12-13)23-3/h4-9,12H,10-11,19H2,1-3H3. The third-order valence-electron chi connectivity index (χ3n) is 3.58. The first-order valence-electron chi connectivity index (χ1n) is 7.51. The van der Waals surface area contributed by atoms with Gasteiger partial charge in [-0.2, -0.15) is 0 Å². The molecular formula is C18H22N2O3S. The minimum Gasteiger partial charge on any atom is -0.493 e. The highest BCUT2D eigenvalue weighted by atomic mass is 32.2. The predicted molar refractivity (Wildman–Crippen MR) is 98.1 cm³/mol. The number of anilines is 1. The summed E-state index contributed by atoms with van der Waals surface area (Å²) >= 11 is 1.64. The quantitative estimate of drug-likeness (QED) is 0.616. The Morgan fingerprint density at radius 2 is 1.83 bits per heavy atom. The molecule has 0 saturated carbocycles. The van der Waals surface area contributed by atoms with Crippen molar-refractivity contribution < 1.29 is 14.3 Å². The van der Waals surface area contributed by atoms with Crippen LogP contribution in [0.4, 0.5) is 5.69 Å². The van der Waals surface area contributed by atoms with E-state index in [0.29, 0.717) is 23.6 Å². The SMILES string of the molecule is COc1ccc(C(=O)N(C)CCSc2ccccc2N)cc1OC. The molecule has 0 spiro atoms. The van der Waals surface area contributed by atoms with Crippen molar-refractivity contribution in [2.24, 2.45) is 0 Å². The zero-order valence-corrected chi connectivity index (χ0v) is 14.9. The van der Waals surface area contributed by atoms with Gasteiger partial charge in [0.2, 0.25) is 0 Å². The lowest BCUT2D eigenvalue weighted by Gasteiger charge is -2.18. The second-order valence-electron chi connectivity index (χ2n) is 5.18. The van der Waals surface area contributed by atoms with E-state index in [1.807, 2.05) is 24.3 Å². The molecule has 1 amide bonds. The molecular weight excluding hydrogens is 324 g/mol. The number of benzene rings is 2. The van der Waals surface area contributed by atoms with Crippen LogP contribution in [0.15, 0.2) is 47.4 Å². The summed E-state index contributed by atoms with van der Waals surface area (Å²) in [5.41, 5.74) is 7.25. The highest BCUT2D eigenvalue weighted by Gasteiger charge is 2.14. The Morgan fingerprint density at radius 3 is 2.50 bits per heavy atom. The van der Waals surface area contributed by atoms with Gasteiger partial charge < -0.3 is 20.1 Å². The molecule has 0 unspecified atom stereocenters. The van der Waals surface area contributed by atoms with E-state index in [1.165, 1.54) is 0 Å². The molecule has 0 aliphatic rings. The number of nitrogen functional groups attached to an aromatic ring is 1. The lowest BCUT2D eigenvalue weighted by Crippen LogP contribution is -2.28. The van der Waals surface area contributed by atoms with Crippen LogP contribution in [-0.4, -0.2) is 44.4 Å². The first-order chi connectivity index (χ1) is 11.6. The Morgan fingerprint density at radius 1 is 1.12 bits per heavy atom. The first-order valence-corrected chi connectivity index (χ1v) is 8.50. The van der Waals surface area contributed by atoms with E-state index < -0.39 is 0 Å². The fourth-order valence-corrected chi connectivity index (χ4v) is 3.19. The number of carbonyl (C=O) groups excluding carboxylic acids is 1. The van der Waals surface area contributed by atoms with Gasteiger partial charge in [0.05, 0.1) is 14.2 Å². The van der Waals surface area contributed by atoms with Crippen LogP contribution in [-0.2, 0) is 0 Å². The average molecular weight is 346 g/mol. The van der Waals surface area contributed by atoms with Gasteiger partial charge in [0, 0.05) is 35.5 Å². The second-order valence-corrected chi connectivity index (χ2v) is 6.32. The smallest absolute Gasteiger partial charge is 0.253 e. The molecule has 0 fully saturated rings. The molecule has 0 aliphatic heterocycles. The van der Waals surface area contributed by atoms with Gasteiger partial charge in [-0.3, -0.25) is 4.79 Å². The maximum absolute atomic E-state index is 12.5. The number of ether oxygens (including phenoxy) is 2. The van der Waals surface area contributed by atoms with Gasteiger partial charge >= 0.3 is 0 Å². The molecule has 0 atom stereocenters. The minimum absolute atomic E-state index is 0.0578. The van der Waals surface area contributed by atoms with Crippen LogP contribution in [0.1, 0.15) is 10.4 Å². The number of para-hydroxylation sites is 1. The molecule has 2 aromatic carbocycles. The third-order valence-corrected chi connectivity index (χ3v) is 4.65. The molecule has 0 heterocycles. The van der Waals surface area contributed by atoms with Crippen molar-refractivity contribution in [3.05, 3.63) is 48.0 Å². The van der Waals surface area contributed by atoms with Gasteiger partial charge in [-0.25, -0.2) is 0 Å². The van der Waals surface area contributed by atoms with Crippen LogP contribution in [0.2, 0.25) is 0 Å². The molecule has 0 aromatic heterocycles. The van der Waals surface area contributed by atoms with Crippen LogP contribution >= 0.6 is 11.8 Å². The summed E-state index contributed by atoms with van der Waals surface area (Å²) < 4.78 is 10.4. The van der Waals surface area contributed by atoms with Crippen molar-refractivity contribution in [2.75, 3.05) is 39.3 Å². The molecule has 6 heteroatoms. The lowest BCUT2D eigenvalue weighted by molar-refractivity contribution is 0.0803. The van der Waals surface area contributed by atoms with Crippen molar-refractivity contribution in [2.45, 2.75) is 4.90 Å². The van der Waals surface area contributed by atoms with E-state index in [4.69, 9.17) is 15.2 Å². The van der Waals surface area contributed by atoms with E-state index in [9.17, 15) is 4.79 Å². The van der Waals surface area contributed by atoms with Gasteiger partial charge in [0.15, 0.2) is 11.5 Å². The number of rotatable bonds is 7. The lowest BCUT2D eigenvalue weighted by atomic mass is 10.2. The Labute approximate surface area is 146 Å². The largest absolute Gasteiger partial charge is 0.493 e. The summed E-state index contributed by atoms with van der Waals surface area (Å²) in [5, 5.41) is 0. The maximum atomic E-state index is 12.5.